The van der Waals surface area contributed by atoms with Crippen molar-refractivity contribution in [1.29, 1.82) is 0 Å². The molecule has 144 valence electrons. The molecule has 0 fully saturated rings. The molecule has 2 aromatic rings. The van der Waals surface area contributed by atoms with E-state index >= 15 is 0 Å². The molecule has 0 bridgehead atoms. The molecular weight excluding hydrogens is 346 g/mol. The molecule has 1 amide bonds. The zero-order chi connectivity index (χ0) is 20.0. The average Bonchev–Trinajstić information content (AvgIpc) is 2.64. The molecule has 0 unspecified atom stereocenters. The zero-order valence-electron chi connectivity index (χ0n) is 16.1. The topological polar surface area (TPSA) is 93.5 Å². The highest BCUT2D eigenvalue weighted by molar-refractivity contribution is 5.95. The van der Waals surface area contributed by atoms with Gasteiger partial charge in [0.25, 0.3) is 11.6 Å². The fourth-order valence-electron chi connectivity index (χ4n) is 2.74. The van der Waals surface area contributed by atoms with E-state index in [1.807, 2.05) is 26.8 Å². The van der Waals surface area contributed by atoms with Crippen molar-refractivity contribution in [2.45, 2.75) is 27.2 Å². The lowest BCUT2D eigenvalue weighted by Crippen LogP contribution is -2.25. The lowest BCUT2D eigenvalue weighted by atomic mass is 10.1. The molecule has 2 rings (SSSR count). The second kappa shape index (κ2) is 9.02. The number of aryl methyl sites for hydroxylation is 2. The van der Waals surface area contributed by atoms with Gasteiger partial charge in [0.2, 0.25) is 0 Å². The molecule has 0 aromatic heterocycles. The van der Waals surface area contributed by atoms with Crippen LogP contribution in [0.1, 0.15) is 33.5 Å². The standard InChI is InChI=1S/C20H25N3O4/c1-13-10-14(2)15(3)19(11-13)27-9-5-8-22-20(24)16-6-7-17(21-4)18(12-16)23(25)26/h6-7,10-12,21H,5,8-9H2,1-4H3,(H,22,24). The van der Waals surface area contributed by atoms with Crippen LogP contribution in [-0.4, -0.2) is 31.0 Å². The second-order valence-electron chi connectivity index (χ2n) is 6.40. The molecule has 0 radical (unpaired) electrons. The van der Waals surface area contributed by atoms with Crippen molar-refractivity contribution in [2.24, 2.45) is 0 Å². The van der Waals surface area contributed by atoms with Crippen molar-refractivity contribution in [3.63, 3.8) is 0 Å². The van der Waals surface area contributed by atoms with E-state index in [-0.39, 0.29) is 17.2 Å². The molecule has 7 heteroatoms. The normalized spacial score (nSPS) is 10.4. The number of anilines is 1. The van der Waals surface area contributed by atoms with Crippen LogP contribution in [0.3, 0.4) is 0 Å². The minimum absolute atomic E-state index is 0.126. The molecule has 0 atom stereocenters. The average molecular weight is 371 g/mol. The lowest BCUT2D eigenvalue weighted by molar-refractivity contribution is -0.384. The van der Waals surface area contributed by atoms with E-state index in [9.17, 15) is 14.9 Å². The molecule has 2 N–H and O–H groups in total. The smallest absolute Gasteiger partial charge is 0.293 e. The quantitative estimate of drug-likeness (QED) is 0.419. The Hall–Kier alpha value is -3.09. The fraction of sp³-hybridized carbons (Fsp3) is 0.350. The summed E-state index contributed by atoms with van der Waals surface area (Å²) < 4.78 is 5.82. The van der Waals surface area contributed by atoms with Crippen molar-refractivity contribution in [3.8, 4) is 5.75 Å². The van der Waals surface area contributed by atoms with Crippen molar-refractivity contribution >= 4 is 17.3 Å². The van der Waals surface area contributed by atoms with E-state index in [1.165, 1.54) is 17.7 Å². The van der Waals surface area contributed by atoms with Gasteiger partial charge >= 0.3 is 0 Å². The van der Waals surface area contributed by atoms with Crippen LogP contribution in [0.5, 0.6) is 5.75 Å². The number of benzene rings is 2. The number of nitrogens with one attached hydrogen (secondary N) is 2. The van der Waals surface area contributed by atoms with Gasteiger partial charge in [-0.25, -0.2) is 0 Å². The summed E-state index contributed by atoms with van der Waals surface area (Å²) in [7, 11) is 1.60. The Bertz CT molecular complexity index is 849. The monoisotopic (exact) mass is 371 g/mol. The van der Waals surface area contributed by atoms with Crippen LogP contribution in [0.4, 0.5) is 11.4 Å². The Balaban J connectivity index is 1.86. The second-order valence-corrected chi connectivity index (χ2v) is 6.40. The number of amides is 1. The van der Waals surface area contributed by atoms with Gasteiger partial charge in [-0.05, 0) is 62.1 Å². The van der Waals surface area contributed by atoms with Crippen molar-refractivity contribution < 1.29 is 14.5 Å². The van der Waals surface area contributed by atoms with Crippen molar-refractivity contribution in [3.05, 3.63) is 62.7 Å². The molecule has 7 nitrogen and oxygen atoms in total. The van der Waals surface area contributed by atoms with Gasteiger partial charge in [0, 0.05) is 25.2 Å². The Morgan fingerprint density at radius 3 is 2.59 bits per heavy atom. The lowest BCUT2D eigenvalue weighted by Gasteiger charge is -2.12. The number of rotatable bonds is 8. The van der Waals surface area contributed by atoms with E-state index in [4.69, 9.17) is 4.74 Å². The largest absolute Gasteiger partial charge is 0.493 e. The summed E-state index contributed by atoms with van der Waals surface area (Å²) in [5, 5.41) is 16.6. The number of carbonyl (C=O) groups excluding carboxylic acids is 1. The maximum absolute atomic E-state index is 12.2. The summed E-state index contributed by atoms with van der Waals surface area (Å²) in [5.74, 6) is 0.514. The Kier molecular flexibility index (Phi) is 6.76. The molecule has 0 heterocycles. The molecule has 27 heavy (non-hydrogen) atoms. The van der Waals surface area contributed by atoms with Crippen molar-refractivity contribution in [2.75, 3.05) is 25.5 Å². The first-order valence-electron chi connectivity index (χ1n) is 8.78. The predicted molar refractivity (Wildman–Crippen MR) is 106 cm³/mol. The highest BCUT2D eigenvalue weighted by atomic mass is 16.6. The van der Waals surface area contributed by atoms with Crippen LogP contribution in [-0.2, 0) is 0 Å². The maximum Gasteiger partial charge on any atom is 0.293 e. The molecule has 0 spiro atoms. The first-order valence-corrected chi connectivity index (χ1v) is 8.78. The van der Waals surface area contributed by atoms with Gasteiger partial charge in [0.1, 0.15) is 11.4 Å². The van der Waals surface area contributed by atoms with Crippen LogP contribution in [0.25, 0.3) is 0 Å². The summed E-state index contributed by atoms with van der Waals surface area (Å²) in [4.78, 5) is 22.8. The number of nitro groups is 1. The third-order valence-corrected chi connectivity index (χ3v) is 4.35. The molecule has 0 saturated heterocycles. The molecule has 0 aliphatic heterocycles. The van der Waals surface area contributed by atoms with Gasteiger partial charge in [0.05, 0.1) is 11.5 Å². The first-order chi connectivity index (χ1) is 12.8. The number of ether oxygens (including phenoxy) is 1. The van der Waals surface area contributed by atoms with Gasteiger partial charge in [0.15, 0.2) is 0 Å². The number of carbonyl (C=O) groups is 1. The Morgan fingerprint density at radius 1 is 1.19 bits per heavy atom. The Morgan fingerprint density at radius 2 is 1.93 bits per heavy atom. The molecule has 0 saturated carbocycles. The van der Waals surface area contributed by atoms with Crippen LogP contribution < -0.4 is 15.4 Å². The summed E-state index contributed by atoms with van der Waals surface area (Å²) in [5.41, 5.74) is 3.94. The minimum Gasteiger partial charge on any atom is -0.493 e. The van der Waals surface area contributed by atoms with Gasteiger partial charge in [-0.2, -0.15) is 0 Å². The fourth-order valence-corrected chi connectivity index (χ4v) is 2.74. The van der Waals surface area contributed by atoms with Crippen LogP contribution in [0.2, 0.25) is 0 Å². The van der Waals surface area contributed by atoms with Gasteiger partial charge in [-0.1, -0.05) is 6.07 Å². The summed E-state index contributed by atoms with van der Waals surface area (Å²) >= 11 is 0. The summed E-state index contributed by atoms with van der Waals surface area (Å²) in [6.07, 6.45) is 0.634. The Labute approximate surface area is 158 Å². The van der Waals surface area contributed by atoms with Gasteiger partial charge < -0.3 is 15.4 Å². The molecule has 0 aliphatic rings. The van der Waals surface area contributed by atoms with E-state index in [2.05, 4.69) is 16.7 Å². The molecule has 2 aromatic carbocycles. The predicted octanol–water partition coefficient (Wildman–Crippen LogP) is 3.76. The molecule has 0 aliphatic carbocycles. The summed E-state index contributed by atoms with van der Waals surface area (Å²) in [6.45, 7) is 6.99. The number of nitrogens with zero attached hydrogens (tertiary/aromatic N) is 1. The highest BCUT2D eigenvalue weighted by Crippen LogP contribution is 2.25. The number of hydrogen-bond donors (Lipinski definition) is 2. The highest BCUT2D eigenvalue weighted by Gasteiger charge is 2.16. The summed E-state index contributed by atoms with van der Waals surface area (Å²) in [6, 6.07) is 8.48. The van der Waals surface area contributed by atoms with Crippen LogP contribution >= 0.6 is 0 Å². The van der Waals surface area contributed by atoms with E-state index in [1.54, 1.807) is 13.1 Å². The third-order valence-electron chi connectivity index (χ3n) is 4.35. The van der Waals surface area contributed by atoms with Crippen LogP contribution in [0.15, 0.2) is 30.3 Å². The first kappa shape index (κ1) is 20.2. The molecular formula is C20H25N3O4. The van der Waals surface area contributed by atoms with Gasteiger partial charge in [-0.15, -0.1) is 0 Å². The van der Waals surface area contributed by atoms with E-state index < -0.39 is 4.92 Å². The minimum atomic E-state index is -0.511. The zero-order valence-corrected chi connectivity index (χ0v) is 16.1. The van der Waals surface area contributed by atoms with Crippen LogP contribution in [0, 0.1) is 30.9 Å². The number of hydrogen-bond acceptors (Lipinski definition) is 5. The third kappa shape index (κ3) is 5.20. The van der Waals surface area contributed by atoms with E-state index in [0.29, 0.717) is 25.3 Å². The number of nitro benzene ring substituents is 1. The SMILES string of the molecule is CNc1ccc(C(=O)NCCCOc2cc(C)cc(C)c2C)cc1[N+](=O)[O-]. The maximum atomic E-state index is 12.2. The van der Waals surface area contributed by atoms with E-state index in [0.717, 1.165) is 16.9 Å². The van der Waals surface area contributed by atoms with Crippen molar-refractivity contribution in [1.82, 2.24) is 5.32 Å². The van der Waals surface area contributed by atoms with Gasteiger partial charge in [-0.3, -0.25) is 14.9 Å².